The number of nitrogens with zero attached hydrogens (tertiary/aromatic N) is 1. The quantitative estimate of drug-likeness (QED) is 0.375. The first-order valence-electron chi connectivity index (χ1n) is 10.7. The van der Waals surface area contributed by atoms with Crippen LogP contribution in [-0.4, -0.2) is 68.1 Å². The molecule has 1 aliphatic rings. The van der Waals surface area contributed by atoms with E-state index < -0.39 is 44.1 Å². The zero-order valence-electron chi connectivity index (χ0n) is 18.9. The first-order chi connectivity index (χ1) is 15.9. The molecule has 0 saturated carbocycles. The Bertz CT molecular complexity index is 1190. The van der Waals surface area contributed by atoms with Gasteiger partial charge in [0, 0.05) is 18.7 Å². The van der Waals surface area contributed by atoms with Gasteiger partial charge in [-0.2, -0.15) is 12.7 Å². The third kappa shape index (κ3) is 6.46. The Morgan fingerprint density at radius 3 is 2.29 bits per heavy atom. The van der Waals surface area contributed by atoms with Gasteiger partial charge in [0.25, 0.3) is 10.1 Å². The second-order valence-corrected chi connectivity index (χ2v) is 12.0. The van der Waals surface area contributed by atoms with Crippen molar-refractivity contribution in [2.75, 3.05) is 19.1 Å². The van der Waals surface area contributed by atoms with Crippen LogP contribution in [0.4, 0.5) is 0 Å². The van der Waals surface area contributed by atoms with Gasteiger partial charge in [-0.05, 0) is 30.0 Å². The van der Waals surface area contributed by atoms with Crippen LogP contribution in [0, 0.1) is 5.92 Å². The fourth-order valence-electron chi connectivity index (χ4n) is 3.80. The zero-order valence-corrected chi connectivity index (χ0v) is 20.6. The van der Waals surface area contributed by atoms with Crippen molar-refractivity contribution in [2.24, 2.45) is 11.7 Å². The zero-order chi connectivity index (χ0) is 25.1. The first kappa shape index (κ1) is 26.4. The standard InChI is InChI=1S/C22H30N2O8S2/c1-15(2)12-24(34(29,30)17-8-9-20-21(11-17)32-14-31-20)19(13-33(26,27)28)22(25)18(23)10-16-6-4-3-5-7-16/h3-9,11,15,18-19,22,25H,10,12-14,23H2,1-2H3,(H,26,27,28). The van der Waals surface area contributed by atoms with E-state index in [2.05, 4.69) is 0 Å². The summed E-state index contributed by atoms with van der Waals surface area (Å²) in [5, 5.41) is 11.1. The number of sulfonamides is 1. The molecule has 1 heterocycles. The van der Waals surface area contributed by atoms with Crippen LogP contribution in [0.5, 0.6) is 11.5 Å². The van der Waals surface area contributed by atoms with Gasteiger partial charge in [-0.25, -0.2) is 8.42 Å². The van der Waals surface area contributed by atoms with E-state index in [1.807, 2.05) is 6.07 Å². The van der Waals surface area contributed by atoms with Crippen molar-refractivity contribution in [1.29, 1.82) is 0 Å². The highest BCUT2D eigenvalue weighted by atomic mass is 32.2. The van der Waals surface area contributed by atoms with E-state index in [1.54, 1.807) is 38.1 Å². The van der Waals surface area contributed by atoms with Crippen molar-refractivity contribution in [1.82, 2.24) is 4.31 Å². The molecule has 0 bridgehead atoms. The second kappa shape index (κ2) is 10.6. The summed E-state index contributed by atoms with van der Waals surface area (Å²) < 4.78 is 72.1. The molecule has 188 valence electrons. The SMILES string of the molecule is CC(C)CN(C(CS(=O)(=O)O)C(O)C(N)Cc1ccccc1)S(=O)(=O)c1ccc2c(c1)OCO2. The van der Waals surface area contributed by atoms with Gasteiger partial charge in [0.15, 0.2) is 11.5 Å². The van der Waals surface area contributed by atoms with Crippen molar-refractivity contribution < 1.29 is 36.0 Å². The van der Waals surface area contributed by atoms with Crippen LogP contribution in [0.15, 0.2) is 53.4 Å². The van der Waals surface area contributed by atoms with Gasteiger partial charge in [-0.15, -0.1) is 0 Å². The van der Waals surface area contributed by atoms with E-state index in [0.29, 0.717) is 5.75 Å². The highest BCUT2D eigenvalue weighted by molar-refractivity contribution is 7.89. The molecule has 34 heavy (non-hydrogen) atoms. The fraction of sp³-hybridized carbons (Fsp3) is 0.455. The smallest absolute Gasteiger partial charge is 0.266 e. The maximum absolute atomic E-state index is 13.7. The molecular formula is C22H30N2O8S2. The molecule has 2 aromatic carbocycles. The molecule has 0 spiro atoms. The summed E-state index contributed by atoms with van der Waals surface area (Å²) in [6.07, 6.45) is -1.42. The minimum absolute atomic E-state index is 0.0486. The van der Waals surface area contributed by atoms with Crippen molar-refractivity contribution >= 4 is 20.1 Å². The third-order valence-corrected chi connectivity index (χ3v) is 8.04. The minimum atomic E-state index is -4.67. The number of aliphatic hydroxyl groups is 1. The fourth-order valence-corrected chi connectivity index (χ4v) is 6.52. The maximum Gasteiger partial charge on any atom is 0.266 e. The van der Waals surface area contributed by atoms with E-state index in [0.717, 1.165) is 9.87 Å². The maximum atomic E-state index is 13.7. The Morgan fingerprint density at radius 2 is 1.68 bits per heavy atom. The summed E-state index contributed by atoms with van der Waals surface area (Å²) in [6, 6.07) is 10.5. The van der Waals surface area contributed by atoms with Gasteiger partial charge in [0.1, 0.15) is 0 Å². The number of ether oxygens (including phenoxy) is 2. The van der Waals surface area contributed by atoms with Crippen LogP contribution in [0.25, 0.3) is 0 Å². The Balaban J connectivity index is 2.01. The largest absolute Gasteiger partial charge is 0.454 e. The van der Waals surface area contributed by atoms with Crippen molar-refractivity contribution in [3.8, 4) is 11.5 Å². The monoisotopic (exact) mass is 514 g/mol. The topological polar surface area (TPSA) is 156 Å². The number of nitrogens with two attached hydrogens (primary N) is 1. The molecule has 4 N–H and O–H groups in total. The minimum Gasteiger partial charge on any atom is -0.454 e. The van der Waals surface area contributed by atoms with Crippen LogP contribution in [0.1, 0.15) is 19.4 Å². The van der Waals surface area contributed by atoms with Crippen LogP contribution in [0.2, 0.25) is 0 Å². The summed E-state index contributed by atoms with van der Waals surface area (Å²) in [6.45, 7) is 3.34. The third-order valence-electron chi connectivity index (χ3n) is 5.39. The van der Waals surface area contributed by atoms with Gasteiger partial charge in [0.05, 0.1) is 22.8 Å². The summed E-state index contributed by atoms with van der Waals surface area (Å²) in [5.74, 6) is -0.634. The van der Waals surface area contributed by atoms with E-state index in [9.17, 15) is 26.5 Å². The molecular weight excluding hydrogens is 484 g/mol. The van der Waals surface area contributed by atoms with Gasteiger partial charge >= 0.3 is 0 Å². The molecule has 3 atom stereocenters. The highest BCUT2D eigenvalue weighted by Crippen LogP contribution is 2.35. The molecule has 2 aromatic rings. The molecule has 10 nitrogen and oxygen atoms in total. The number of rotatable bonds is 11. The lowest BCUT2D eigenvalue weighted by molar-refractivity contribution is 0.0727. The molecule has 0 amide bonds. The molecule has 1 aliphatic heterocycles. The Morgan fingerprint density at radius 1 is 1.03 bits per heavy atom. The number of fused-ring (bicyclic) bond motifs is 1. The molecule has 0 aromatic heterocycles. The Labute approximate surface area is 200 Å². The Hall–Kier alpha value is -2.22. The number of hydrogen-bond donors (Lipinski definition) is 3. The Kier molecular flexibility index (Phi) is 8.22. The molecule has 0 aliphatic carbocycles. The van der Waals surface area contributed by atoms with E-state index in [-0.39, 0.29) is 36.3 Å². The normalized spacial score (nSPS) is 16.6. The van der Waals surface area contributed by atoms with Crippen molar-refractivity contribution in [3.63, 3.8) is 0 Å². The lowest BCUT2D eigenvalue weighted by atomic mass is 9.97. The van der Waals surface area contributed by atoms with E-state index in [1.165, 1.54) is 18.2 Å². The highest BCUT2D eigenvalue weighted by Gasteiger charge is 2.41. The van der Waals surface area contributed by atoms with Gasteiger partial charge < -0.3 is 20.3 Å². The first-order valence-corrected chi connectivity index (χ1v) is 13.8. The lowest BCUT2D eigenvalue weighted by Gasteiger charge is -2.36. The molecule has 12 heteroatoms. The number of hydrogen-bond acceptors (Lipinski definition) is 8. The van der Waals surface area contributed by atoms with Gasteiger partial charge in [0.2, 0.25) is 16.8 Å². The van der Waals surface area contributed by atoms with Crippen LogP contribution < -0.4 is 15.2 Å². The number of benzene rings is 2. The van der Waals surface area contributed by atoms with Crippen LogP contribution in [-0.2, 0) is 26.6 Å². The number of aliphatic hydroxyl groups excluding tert-OH is 1. The van der Waals surface area contributed by atoms with Crippen LogP contribution in [0.3, 0.4) is 0 Å². The summed E-state index contributed by atoms with van der Waals surface area (Å²) in [5.41, 5.74) is 6.99. The predicted octanol–water partition coefficient (Wildman–Crippen LogP) is 1.25. The molecule has 0 fully saturated rings. The summed E-state index contributed by atoms with van der Waals surface area (Å²) in [7, 11) is -9.01. The lowest BCUT2D eigenvalue weighted by Crippen LogP contribution is -2.57. The molecule has 3 unspecified atom stereocenters. The van der Waals surface area contributed by atoms with Crippen molar-refractivity contribution in [2.45, 2.75) is 43.4 Å². The van der Waals surface area contributed by atoms with Crippen LogP contribution >= 0.6 is 0 Å². The second-order valence-electron chi connectivity index (χ2n) is 8.64. The van der Waals surface area contributed by atoms with E-state index >= 15 is 0 Å². The molecule has 0 saturated heterocycles. The molecule has 0 radical (unpaired) electrons. The summed E-state index contributed by atoms with van der Waals surface area (Å²) in [4.78, 5) is -0.165. The average molecular weight is 515 g/mol. The van der Waals surface area contributed by atoms with E-state index in [4.69, 9.17) is 15.2 Å². The van der Waals surface area contributed by atoms with Gasteiger partial charge in [-0.1, -0.05) is 44.2 Å². The predicted molar refractivity (Wildman–Crippen MR) is 126 cm³/mol. The molecule has 3 rings (SSSR count). The summed E-state index contributed by atoms with van der Waals surface area (Å²) >= 11 is 0. The van der Waals surface area contributed by atoms with Crippen molar-refractivity contribution in [3.05, 3.63) is 54.1 Å². The average Bonchev–Trinajstić information content (AvgIpc) is 3.23. The van der Waals surface area contributed by atoms with Gasteiger partial charge in [-0.3, -0.25) is 4.55 Å².